The van der Waals surface area contributed by atoms with Gasteiger partial charge >= 0.3 is 0 Å². The summed E-state index contributed by atoms with van der Waals surface area (Å²) in [7, 11) is 0. The molecule has 3 heterocycles. The topological polar surface area (TPSA) is 103 Å². The maximum Gasteiger partial charge on any atom is 0.244 e. The second-order valence-electron chi connectivity index (χ2n) is 9.23. The fourth-order valence-corrected chi connectivity index (χ4v) is 5.40. The Morgan fingerprint density at radius 3 is 2.79 bits per heavy atom. The van der Waals surface area contributed by atoms with Crippen molar-refractivity contribution in [1.29, 1.82) is 0 Å². The fraction of sp³-hybridized carbons (Fsp3) is 0.520. The quantitative estimate of drug-likeness (QED) is 0.507. The van der Waals surface area contributed by atoms with Crippen LogP contribution in [0.25, 0.3) is 0 Å². The Morgan fingerprint density at radius 1 is 1.29 bits per heavy atom. The predicted octanol–water partition coefficient (Wildman–Crippen LogP) is 2.17. The third-order valence-electron chi connectivity index (χ3n) is 6.93. The average molecular weight is 484 g/mol. The first-order valence-electron chi connectivity index (χ1n) is 12.0. The highest BCUT2D eigenvalue weighted by Crippen LogP contribution is 2.39. The molecule has 0 spiro atoms. The molecule has 0 fully saturated rings. The van der Waals surface area contributed by atoms with Crippen molar-refractivity contribution in [2.24, 2.45) is 5.92 Å². The molecule has 0 radical (unpaired) electrons. The standard InChI is InChI=1S/C25H33N5O3S/c1-4-15(2)21(29-16(3)31)13-27-20-9-8-17-6-5-7-18-10-22(30(23(17)18)25(20)33)24(32)28-12-19-11-26-14-34-19/h5-7,11,14-15,20-22,27H,4,8-10,12-13H2,1-3H3,(H,28,32)(H,29,31)/t15-,20-,21+,22-/m0/s1. The largest absolute Gasteiger partial charge is 0.352 e. The van der Waals surface area contributed by atoms with Gasteiger partial charge in [0.15, 0.2) is 0 Å². The summed E-state index contributed by atoms with van der Waals surface area (Å²) in [6.07, 6.45) is 4.58. The van der Waals surface area contributed by atoms with E-state index < -0.39 is 12.1 Å². The van der Waals surface area contributed by atoms with Gasteiger partial charge in [-0.05, 0) is 29.9 Å². The molecular formula is C25H33N5O3S. The van der Waals surface area contributed by atoms with Gasteiger partial charge < -0.3 is 16.0 Å². The molecule has 4 atom stereocenters. The molecule has 1 aromatic heterocycles. The van der Waals surface area contributed by atoms with Crippen LogP contribution in [0.5, 0.6) is 0 Å². The summed E-state index contributed by atoms with van der Waals surface area (Å²) in [6.45, 7) is 6.62. The van der Waals surface area contributed by atoms with Crippen LogP contribution in [0.15, 0.2) is 29.9 Å². The van der Waals surface area contributed by atoms with Crippen LogP contribution in [-0.2, 0) is 33.8 Å². The Kier molecular flexibility index (Phi) is 7.63. The lowest BCUT2D eigenvalue weighted by molar-refractivity contribution is -0.127. The smallest absolute Gasteiger partial charge is 0.244 e. The zero-order valence-corrected chi connectivity index (χ0v) is 20.8. The highest BCUT2D eigenvalue weighted by molar-refractivity contribution is 7.09. The average Bonchev–Trinajstić information content (AvgIpc) is 3.45. The van der Waals surface area contributed by atoms with Crippen molar-refractivity contribution in [2.75, 3.05) is 11.4 Å². The Morgan fingerprint density at radius 2 is 2.09 bits per heavy atom. The van der Waals surface area contributed by atoms with Gasteiger partial charge in [-0.2, -0.15) is 0 Å². The van der Waals surface area contributed by atoms with Crippen LogP contribution < -0.4 is 20.9 Å². The Bertz CT molecular complexity index is 1040. The van der Waals surface area contributed by atoms with Crippen molar-refractivity contribution in [3.63, 3.8) is 0 Å². The molecule has 3 N–H and O–H groups in total. The number of anilines is 1. The fourth-order valence-electron chi connectivity index (χ4n) is 4.86. The van der Waals surface area contributed by atoms with Crippen molar-refractivity contribution in [3.05, 3.63) is 45.9 Å². The lowest BCUT2D eigenvalue weighted by atomic mass is 9.98. The summed E-state index contributed by atoms with van der Waals surface area (Å²) in [4.78, 5) is 45.4. The van der Waals surface area contributed by atoms with Crippen molar-refractivity contribution in [2.45, 2.75) is 71.1 Å². The number of aryl methyl sites for hydroxylation is 1. The molecule has 2 aromatic rings. The van der Waals surface area contributed by atoms with E-state index in [0.29, 0.717) is 25.9 Å². The van der Waals surface area contributed by atoms with Gasteiger partial charge in [0.2, 0.25) is 17.7 Å². The third-order valence-corrected chi connectivity index (χ3v) is 7.71. The van der Waals surface area contributed by atoms with Gasteiger partial charge in [-0.1, -0.05) is 38.5 Å². The number of carbonyl (C=O) groups excluding carboxylic acids is 3. The van der Waals surface area contributed by atoms with E-state index in [9.17, 15) is 14.4 Å². The van der Waals surface area contributed by atoms with E-state index in [-0.39, 0.29) is 29.7 Å². The predicted molar refractivity (Wildman–Crippen MR) is 133 cm³/mol. The monoisotopic (exact) mass is 483 g/mol. The molecule has 0 unspecified atom stereocenters. The van der Waals surface area contributed by atoms with Crippen LogP contribution in [0.3, 0.4) is 0 Å². The molecule has 9 heteroatoms. The van der Waals surface area contributed by atoms with Crippen molar-refractivity contribution in [1.82, 2.24) is 20.9 Å². The maximum absolute atomic E-state index is 13.8. The zero-order chi connectivity index (χ0) is 24.2. The first-order chi connectivity index (χ1) is 16.4. The van der Waals surface area contributed by atoms with Gasteiger partial charge in [0.1, 0.15) is 6.04 Å². The van der Waals surface area contributed by atoms with E-state index in [1.165, 1.54) is 18.3 Å². The van der Waals surface area contributed by atoms with Gasteiger partial charge in [0.05, 0.1) is 23.8 Å². The molecule has 0 aliphatic carbocycles. The number of hydrogen-bond acceptors (Lipinski definition) is 6. The third kappa shape index (κ3) is 5.15. The van der Waals surface area contributed by atoms with Crippen LogP contribution in [0.4, 0.5) is 5.69 Å². The van der Waals surface area contributed by atoms with Crippen LogP contribution in [0, 0.1) is 5.92 Å². The van der Waals surface area contributed by atoms with Crippen LogP contribution in [-0.4, -0.2) is 47.4 Å². The lowest BCUT2D eigenvalue weighted by Crippen LogP contribution is -2.55. The molecule has 182 valence electrons. The van der Waals surface area contributed by atoms with Crippen LogP contribution in [0.1, 0.15) is 49.6 Å². The number of aromatic nitrogens is 1. The number of thiazole rings is 1. The summed E-state index contributed by atoms with van der Waals surface area (Å²) >= 11 is 1.49. The summed E-state index contributed by atoms with van der Waals surface area (Å²) in [6, 6.07) is 5.03. The number of nitrogens with zero attached hydrogens (tertiary/aromatic N) is 2. The van der Waals surface area contributed by atoms with Crippen molar-refractivity contribution >= 4 is 34.7 Å². The number of para-hydroxylation sites is 1. The Hall–Kier alpha value is -2.78. The van der Waals surface area contributed by atoms with E-state index in [2.05, 4.69) is 40.8 Å². The van der Waals surface area contributed by atoms with E-state index >= 15 is 0 Å². The van der Waals surface area contributed by atoms with E-state index in [4.69, 9.17) is 0 Å². The van der Waals surface area contributed by atoms with Gasteiger partial charge in [-0.15, -0.1) is 11.3 Å². The molecule has 3 amide bonds. The SMILES string of the molecule is CC[C@H](C)[C@@H](CN[C@H]1CCc2cccc3c2N(C1=O)[C@H](C(=O)NCc1cncs1)C3)NC(C)=O. The summed E-state index contributed by atoms with van der Waals surface area (Å²) in [5.74, 6) is -0.0284. The van der Waals surface area contributed by atoms with Gasteiger partial charge in [0, 0.05) is 37.0 Å². The number of amides is 3. The highest BCUT2D eigenvalue weighted by atomic mass is 32.1. The Labute approximate surface area is 204 Å². The maximum atomic E-state index is 13.8. The number of carbonyl (C=O) groups is 3. The summed E-state index contributed by atoms with van der Waals surface area (Å²) in [5.41, 5.74) is 4.78. The molecule has 0 saturated carbocycles. The molecular weight excluding hydrogens is 450 g/mol. The molecule has 1 aromatic carbocycles. The van der Waals surface area contributed by atoms with Gasteiger partial charge in [-0.3, -0.25) is 24.3 Å². The van der Waals surface area contributed by atoms with Gasteiger partial charge in [-0.25, -0.2) is 0 Å². The molecule has 0 bridgehead atoms. The molecule has 8 nitrogen and oxygen atoms in total. The number of rotatable bonds is 9. The number of nitrogens with one attached hydrogen (secondary N) is 3. The van der Waals surface area contributed by atoms with Crippen molar-refractivity contribution < 1.29 is 14.4 Å². The minimum Gasteiger partial charge on any atom is -0.352 e. The molecule has 34 heavy (non-hydrogen) atoms. The molecule has 0 saturated heterocycles. The second kappa shape index (κ2) is 10.7. The highest BCUT2D eigenvalue weighted by Gasteiger charge is 2.43. The minimum atomic E-state index is -0.570. The number of benzene rings is 1. The second-order valence-corrected chi connectivity index (χ2v) is 10.2. The number of hydrogen-bond donors (Lipinski definition) is 3. The van der Waals surface area contributed by atoms with Gasteiger partial charge in [0.25, 0.3) is 0 Å². The first-order valence-corrected chi connectivity index (χ1v) is 12.9. The molecule has 2 aliphatic rings. The summed E-state index contributed by atoms with van der Waals surface area (Å²) in [5, 5.41) is 9.43. The summed E-state index contributed by atoms with van der Waals surface area (Å²) < 4.78 is 0. The lowest BCUT2D eigenvalue weighted by Gasteiger charge is -2.30. The van der Waals surface area contributed by atoms with Crippen LogP contribution in [0.2, 0.25) is 0 Å². The molecule has 4 rings (SSSR count). The van der Waals surface area contributed by atoms with Crippen LogP contribution >= 0.6 is 11.3 Å². The first kappa shape index (κ1) is 24.3. The van der Waals surface area contributed by atoms with Crippen molar-refractivity contribution in [3.8, 4) is 0 Å². The zero-order valence-electron chi connectivity index (χ0n) is 20.0. The van der Waals surface area contributed by atoms with E-state index in [1.807, 2.05) is 12.1 Å². The molecule has 2 aliphatic heterocycles. The van der Waals surface area contributed by atoms with E-state index in [0.717, 1.165) is 34.5 Å². The minimum absolute atomic E-state index is 0.0615. The van der Waals surface area contributed by atoms with E-state index in [1.54, 1.807) is 16.6 Å². The normalized spacial score (nSPS) is 20.9. The Balaban J connectivity index is 1.52.